The van der Waals surface area contributed by atoms with Crippen molar-refractivity contribution in [3.05, 3.63) is 34.9 Å². The average Bonchev–Trinajstić information content (AvgIpc) is 3.62. The molecule has 0 aromatic heterocycles. The number of halogens is 4. The number of likely N-dealkylation sites (tertiary alicyclic amines) is 2. The smallest absolute Gasteiger partial charge is 0.354 e. The van der Waals surface area contributed by atoms with Crippen LogP contribution < -0.4 is 5.32 Å². The van der Waals surface area contributed by atoms with E-state index >= 15 is 0 Å². The average molecular weight is 713 g/mol. The summed E-state index contributed by atoms with van der Waals surface area (Å²) in [4.78, 5) is 56.0. The molecule has 3 aliphatic rings. The summed E-state index contributed by atoms with van der Waals surface area (Å²) in [5.74, 6) is -0.00328. The van der Waals surface area contributed by atoms with E-state index < -0.39 is 17.9 Å². The zero-order valence-corrected chi connectivity index (χ0v) is 31.4. The van der Waals surface area contributed by atoms with E-state index in [4.69, 9.17) is 16.4 Å². The van der Waals surface area contributed by atoms with Crippen LogP contribution in [-0.4, -0.2) is 94.7 Å². The Labute approximate surface area is 295 Å². The molecule has 3 fully saturated rings. The lowest BCUT2D eigenvalue weighted by atomic mass is 9.74. The molecule has 8 nitrogen and oxygen atoms in total. The van der Waals surface area contributed by atoms with Gasteiger partial charge in [0, 0.05) is 61.0 Å². The zero-order valence-electron chi connectivity index (χ0n) is 30.6. The van der Waals surface area contributed by atoms with Crippen molar-refractivity contribution in [1.29, 1.82) is 0 Å². The Bertz CT molecular complexity index is 1310. The predicted molar refractivity (Wildman–Crippen MR) is 186 cm³/mol. The monoisotopic (exact) mass is 712 g/mol. The number of alkyl halides is 3. The fourth-order valence-electron chi connectivity index (χ4n) is 7.36. The molecule has 4 rings (SSSR count). The van der Waals surface area contributed by atoms with Gasteiger partial charge in [-0.15, -0.1) is 0 Å². The highest BCUT2D eigenvalue weighted by Gasteiger charge is 2.49. The summed E-state index contributed by atoms with van der Waals surface area (Å²) >= 11 is 6.23. The third-order valence-corrected chi connectivity index (χ3v) is 10.5. The van der Waals surface area contributed by atoms with Crippen molar-refractivity contribution in [2.24, 2.45) is 16.7 Å². The molecule has 12 heteroatoms. The van der Waals surface area contributed by atoms with Crippen molar-refractivity contribution in [3.63, 3.8) is 0 Å². The summed E-state index contributed by atoms with van der Waals surface area (Å²) < 4.78 is 31.2. The van der Waals surface area contributed by atoms with Crippen molar-refractivity contribution in [3.8, 4) is 0 Å². The van der Waals surface area contributed by atoms with Crippen LogP contribution in [0.5, 0.6) is 0 Å². The van der Waals surface area contributed by atoms with Gasteiger partial charge in [0.15, 0.2) is 0 Å². The number of hydrogen-bond acceptors (Lipinski definition) is 5. The van der Waals surface area contributed by atoms with E-state index in [-0.39, 0.29) is 58.6 Å². The number of amides is 3. The second kappa shape index (κ2) is 15.7. The van der Waals surface area contributed by atoms with Crippen molar-refractivity contribution in [1.82, 2.24) is 20.0 Å². The second-order valence-electron chi connectivity index (χ2n) is 16.8. The first-order chi connectivity index (χ1) is 22.4. The number of aldehydes is 1. The van der Waals surface area contributed by atoms with Crippen LogP contribution >= 0.6 is 11.6 Å². The molecule has 4 atom stereocenters. The van der Waals surface area contributed by atoms with E-state index in [1.807, 2.05) is 37.8 Å². The molecule has 49 heavy (non-hydrogen) atoms. The first-order valence-electron chi connectivity index (χ1n) is 17.3. The van der Waals surface area contributed by atoms with Gasteiger partial charge in [-0.3, -0.25) is 24.1 Å². The lowest BCUT2D eigenvalue weighted by Gasteiger charge is -2.45. The second-order valence-corrected chi connectivity index (χ2v) is 17.3. The van der Waals surface area contributed by atoms with E-state index in [0.29, 0.717) is 31.1 Å². The lowest BCUT2D eigenvalue weighted by Crippen LogP contribution is -2.54. The summed E-state index contributed by atoms with van der Waals surface area (Å²) in [7, 11) is 0. The van der Waals surface area contributed by atoms with E-state index in [1.54, 1.807) is 0 Å². The standard InChI is InChI=1S/C35H55ClN4O3.C2HF3O/c1-23(41)37-19-27-18-28(40(32(43)33(2,3)4)26-14-16-35(8,9)17-15-26)20-39(27)31(42)30-22-38(34(5,6)7)21-29(30)24-10-12-25(36)13-11-24;3-2(4,5)1-6/h10-13,26-30H,14-22H2,1-9H3,(H,37,41);1H/t27-,28-,29-,30?;/m0./s1. The Kier molecular flexibility index (Phi) is 13.1. The Morgan fingerprint density at radius 2 is 1.51 bits per heavy atom. The number of hydrogen-bond donors (Lipinski definition) is 1. The molecule has 0 bridgehead atoms. The Hall–Kier alpha value is -2.66. The normalized spacial score (nSPS) is 25.0. The highest BCUT2D eigenvalue weighted by atomic mass is 35.5. The molecule has 0 spiro atoms. The van der Waals surface area contributed by atoms with Crippen LogP contribution in [0.1, 0.15) is 106 Å². The lowest BCUT2D eigenvalue weighted by molar-refractivity contribution is -0.156. The van der Waals surface area contributed by atoms with Crippen LogP contribution in [0.15, 0.2) is 24.3 Å². The summed E-state index contributed by atoms with van der Waals surface area (Å²) in [6, 6.07) is 7.85. The number of nitrogens with zero attached hydrogens (tertiary/aromatic N) is 3. The number of carbonyl (C=O) groups excluding carboxylic acids is 4. The van der Waals surface area contributed by atoms with E-state index in [1.165, 1.54) is 6.92 Å². The van der Waals surface area contributed by atoms with Gasteiger partial charge >= 0.3 is 6.18 Å². The highest BCUT2D eigenvalue weighted by Crippen LogP contribution is 2.42. The SMILES string of the molecule is CC(=O)NC[C@@H]1C[C@H](N(C(=O)C(C)(C)C)C2CCC(C)(C)CC2)CN1C(=O)C1CN(C(C)(C)C)C[C@H]1c1ccc(Cl)cc1.O=CC(F)(F)F. The highest BCUT2D eigenvalue weighted by molar-refractivity contribution is 6.30. The molecule has 1 unspecified atom stereocenters. The molecule has 2 saturated heterocycles. The van der Waals surface area contributed by atoms with Gasteiger partial charge in [-0.2, -0.15) is 13.2 Å². The molecule has 2 heterocycles. The first-order valence-corrected chi connectivity index (χ1v) is 17.7. The molecule has 276 valence electrons. The van der Waals surface area contributed by atoms with Crippen molar-refractivity contribution in [2.45, 2.75) is 130 Å². The molecule has 1 saturated carbocycles. The summed E-state index contributed by atoms with van der Waals surface area (Å²) in [6.07, 6.45) is -0.884. The van der Waals surface area contributed by atoms with E-state index in [0.717, 1.165) is 37.8 Å². The molecule has 1 aliphatic carbocycles. The Morgan fingerprint density at radius 3 is 1.98 bits per heavy atom. The minimum absolute atomic E-state index is 0.0392. The van der Waals surface area contributed by atoms with Gasteiger partial charge in [0.2, 0.25) is 24.0 Å². The third-order valence-electron chi connectivity index (χ3n) is 10.3. The fraction of sp³-hybridized carbons (Fsp3) is 0.730. The Balaban J connectivity index is 0.000000992. The van der Waals surface area contributed by atoms with Crippen LogP contribution in [0.25, 0.3) is 0 Å². The van der Waals surface area contributed by atoms with Crippen LogP contribution in [0.2, 0.25) is 5.02 Å². The Morgan fingerprint density at radius 1 is 0.959 bits per heavy atom. The van der Waals surface area contributed by atoms with Crippen LogP contribution in [-0.2, 0) is 19.2 Å². The van der Waals surface area contributed by atoms with Crippen LogP contribution in [0.4, 0.5) is 13.2 Å². The minimum atomic E-state index is -4.64. The third kappa shape index (κ3) is 11.2. The van der Waals surface area contributed by atoms with Gasteiger partial charge < -0.3 is 15.1 Å². The topological polar surface area (TPSA) is 90.0 Å². The molecule has 0 radical (unpaired) electrons. The van der Waals surface area contributed by atoms with Crippen molar-refractivity contribution < 1.29 is 32.3 Å². The van der Waals surface area contributed by atoms with Gasteiger partial charge in [0.05, 0.1) is 18.0 Å². The predicted octanol–water partition coefficient (Wildman–Crippen LogP) is 6.85. The maximum absolute atomic E-state index is 14.7. The molecule has 1 aromatic rings. The van der Waals surface area contributed by atoms with Gasteiger partial charge in [-0.05, 0) is 76.0 Å². The molecule has 3 amide bonds. The number of carbonyl (C=O) groups is 4. The van der Waals surface area contributed by atoms with Crippen LogP contribution in [0.3, 0.4) is 0 Å². The quantitative estimate of drug-likeness (QED) is 0.326. The largest absolute Gasteiger partial charge is 0.446 e. The molecular formula is C37H56ClF3N4O4. The maximum Gasteiger partial charge on any atom is 0.446 e. The number of benzene rings is 1. The maximum atomic E-state index is 14.7. The zero-order chi connectivity index (χ0) is 37.1. The minimum Gasteiger partial charge on any atom is -0.354 e. The first kappa shape index (κ1) is 40.8. The molecule has 2 aliphatic heterocycles. The summed E-state index contributed by atoms with van der Waals surface area (Å²) in [5, 5.41) is 3.68. The number of nitrogens with one attached hydrogen (secondary N) is 1. The number of rotatable bonds is 6. The van der Waals surface area contributed by atoms with Crippen molar-refractivity contribution >= 4 is 35.6 Å². The van der Waals surface area contributed by atoms with Gasteiger partial charge in [-0.25, -0.2) is 0 Å². The van der Waals surface area contributed by atoms with Crippen molar-refractivity contribution in [2.75, 3.05) is 26.2 Å². The summed E-state index contributed by atoms with van der Waals surface area (Å²) in [5.41, 5.74) is 0.818. The van der Waals surface area contributed by atoms with Crippen LogP contribution in [0, 0.1) is 16.7 Å². The molecular weight excluding hydrogens is 657 g/mol. The van der Waals surface area contributed by atoms with E-state index in [2.05, 4.69) is 61.9 Å². The van der Waals surface area contributed by atoms with Gasteiger partial charge in [0.1, 0.15) is 0 Å². The molecule has 1 N–H and O–H groups in total. The van der Waals surface area contributed by atoms with Gasteiger partial charge in [-0.1, -0.05) is 58.4 Å². The van der Waals surface area contributed by atoms with Gasteiger partial charge in [0.25, 0.3) is 0 Å². The molecule has 1 aromatic carbocycles. The fourth-order valence-corrected chi connectivity index (χ4v) is 7.49. The van der Waals surface area contributed by atoms with E-state index in [9.17, 15) is 27.6 Å². The summed E-state index contributed by atoms with van der Waals surface area (Å²) in [6.45, 7) is 21.1.